The molecule has 0 amide bonds. The zero-order valence-corrected chi connectivity index (χ0v) is 8.45. The maximum atomic E-state index is 5.75. The molecule has 2 unspecified atom stereocenters. The van der Waals surface area contributed by atoms with Gasteiger partial charge in [-0.05, 0) is 13.8 Å². The molecular formula is C9H20N2O2. The molecule has 1 heterocycles. The second-order valence-corrected chi connectivity index (χ2v) is 3.66. The molecule has 0 radical (unpaired) electrons. The van der Waals surface area contributed by atoms with Gasteiger partial charge in [-0.1, -0.05) is 0 Å². The number of rotatable bonds is 3. The van der Waals surface area contributed by atoms with Gasteiger partial charge in [0.25, 0.3) is 0 Å². The smallest absolute Gasteiger partial charge is 0.0701 e. The van der Waals surface area contributed by atoms with E-state index in [1.54, 1.807) is 0 Å². The van der Waals surface area contributed by atoms with Gasteiger partial charge in [0.1, 0.15) is 0 Å². The molecule has 4 nitrogen and oxygen atoms in total. The molecule has 1 rings (SSSR count). The summed E-state index contributed by atoms with van der Waals surface area (Å²) in [5.41, 5.74) is 5.75. The second-order valence-electron chi connectivity index (χ2n) is 3.66. The topological polar surface area (TPSA) is 56.5 Å². The maximum Gasteiger partial charge on any atom is 0.0701 e. The summed E-state index contributed by atoms with van der Waals surface area (Å²) >= 11 is 0. The molecular weight excluding hydrogens is 168 g/mol. The normalized spacial score (nSPS) is 25.2. The average Bonchev–Trinajstić information content (AvgIpc) is 2.32. The fourth-order valence-corrected chi connectivity index (χ4v) is 1.24. The highest BCUT2D eigenvalue weighted by atomic mass is 16.5. The summed E-state index contributed by atoms with van der Waals surface area (Å²) in [4.78, 5) is 0. The summed E-state index contributed by atoms with van der Waals surface area (Å²) < 4.78 is 10.7. The predicted molar refractivity (Wildman–Crippen MR) is 51.7 cm³/mol. The summed E-state index contributed by atoms with van der Waals surface area (Å²) in [6.07, 6.45) is 0. The minimum atomic E-state index is 0.156. The molecule has 13 heavy (non-hydrogen) atoms. The van der Waals surface area contributed by atoms with Gasteiger partial charge in [-0.2, -0.15) is 0 Å². The van der Waals surface area contributed by atoms with Crippen molar-refractivity contribution < 1.29 is 9.47 Å². The third kappa shape index (κ3) is 4.04. The molecule has 0 aromatic heterocycles. The Kier molecular flexibility index (Phi) is 4.66. The number of hydrogen-bond acceptors (Lipinski definition) is 4. The van der Waals surface area contributed by atoms with Crippen LogP contribution in [0.3, 0.4) is 0 Å². The van der Waals surface area contributed by atoms with Crippen LogP contribution in [-0.4, -0.2) is 44.6 Å². The van der Waals surface area contributed by atoms with Gasteiger partial charge in [0.2, 0.25) is 0 Å². The summed E-state index contributed by atoms with van der Waals surface area (Å²) in [6, 6.07) is 0.738. The molecule has 0 bridgehead atoms. The fraction of sp³-hybridized carbons (Fsp3) is 1.00. The van der Waals surface area contributed by atoms with Gasteiger partial charge in [0.15, 0.2) is 0 Å². The Hall–Kier alpha value is -0.160. The van der Waals surface area contributed by atoms with Crippen LogP contribution in [0.5, 0.6) is 0 Å². The summed E-state index contributed by atoms with van der Waals surface area (Å²) in [7, 11) is 0. The standard InChI is InChI=1S/C9H20N2O2/c1-7(10)8(2)11-9-5-12-3-4-13-6-9/h7-9,11H,3-6,10H2,1-2H3. The quantitative estimate of drug-likeness (QED) is 0.640. The van der Waals surface area contributed by atoms with E-state index in [1.807, 2.05) is 6.92 Å². The molecule has 1 fully saturated rings. The molecule has 0 spiro atoms. The Morgan fingerprint density at radius 3 is 2.23 bits per heavy atom. The Morgan fingerprint density at radius 2 is 1.77 bits per heavy atom. The highest BCUT2D eigenvalue weighted by Gasteiger charge is 2.16. The van der Waals surface area contributed by atoms with Crippen molar-refractivity contribution in [1.29, 1.82) is 0 Å². The van der Waals surface area contributed by atoms with Crippen molar-refractivity contribution in [3.8, 4) is 0 Å². The van der Waals surface area contributed by atoms with Crippen molar-refractivity contribution in [3.05, 3.63) is 0 Å². The number of ether oxygens (including phenoxy) is 2. The van der Waals surface area contributed by atoms with Crippen LogP contribution in [0, 0.1) is 0 Å². The minimum absolute atomic E-state index is 0.156. The van der Waals surface area contributed by atoms with Crippen LogP contribution in [0.4, 0.5) is 0 Å². The van der Waals surface area contributed by atoms with Crippen molar-refractivity contribution in [2.45, 2.75) is 32.0 Å². The highest BCUT2D eigenvalue weighted by molar-refractivity contribution is 4.77. The molecule has 1 saturated heterocycles. The van der Waals surface area contributed by atoms with Gasteiger partial charge >= 0.3 is 0 Å². The van der Waals surface area contributed by atoms with E-state index in [4.69, 9.17) is 15.2 Å². The van der Waals surface area contributed by atoms with E-state index < -0.39 is 0 Å². The van der Waals surface area contributed by atoms with Crippen LogP contribution in [0.2, 0.25) is 0 Å². The third-order valence-corrected chi connectivity index (χ3v) is 2.30. The molecule has 0 aromatic carbocycles. The lowest BCUT2D eigenvalue weighted by Gasteiger charge is -2.23. The monoisotopic (exact) mass is 188 g/mol. The SMILES string of the molecule is CC(N)C(C)NC1COCCOC1. The predicted octanol–water partition coefficient (Wildman–Crippen LogP) is -0.273. The highest BCUT2D eigenvalue weighted by Crippen LogP contribution is 1.98. The molecule has 2 atom stereocenters. The first-order valence-electron chi connectivity index (χ1n) is 4.87. The summed E-state index contributed by atoms with van der Waals surface area (Å²) in [5, 5.41) is 3.38. The van der Waals surface area contributed by atoms with E-state index in [9.17, 15) is 0 Å². The summed E-state index contributed by atoms with van der Waals surface area (Å²) in [5.74, 6) is 0. The fourth-order valence-electron chi connectivity index (χ4n) is 1.24. The van der Waals surface area contributed by atoms with Crippen LogP contribution < -0.4 is 11.1 Å². The Morgan fingerprint density at radius 1 is 1.23 bits per heavy atom. The van der Waals surface area contributed by atoms with Crippen molar-refractivity contribution in [2.75, 3.05) is 26.4 Å². The van der Waals surface area contributed by atoms with Crippen LogP contribution in [0.1, 0.15) is 13.8 Å². The van der Waals surface area contributed by atoms with Crippen molar-refractivity contribution >= 4 is 0 Å². The maximum absolute atomic E-state index is 5.75. The van der Waals surface area contributed by atoms with Crippen molar-refractivity contribution in [1.82, 2.24) is 5.32 Å². The van der Waals surface area contributed by atoms with Crippen LogP contribution in [0.25, 0.3) is 0 Å². The number of nitrogens with two attached hydrogens (primary N) is 1. The Labute approximate surface area is 79.8 Å². The first kappa shape index (κ1) is 10.9. The molecule has 78 valence electrons. The van der Waals surface area contributed by atoms with Crippen LogP contribution in [-0.2, 0) is 9.47 Å². The van der Waals surface area contributed by atoms with E-state index in [-0.39, 0.29) is 12.1 Å². The molecule has 3 N–H and O–H groups in total. The zero-order chi connectivity index (χ0) is 9.68. The van der Waals surface area contributed by atoms with E-state index in [1.165, 1.54) is 0 Å². The van der Waals surface area contributed by atoms with Gasteiger partial charge < -0.3 is 20.5 Å². The lowest BCUT2D eigenvalue weighted by molar-refractivity contribution is 0.103. The molecule has 0 aliphatic carbocycles. The molecule has 1 aliphatic heterocycles. The van der Waals surface area contributed by atoms with Gasteiger partial charge in [-0.15, -0.1) is 0 Å². The lowest BCUT2D eigenvalue weighted by atomic mass is 10.1. The van der Waals surface area contributed by atoms with Gasteiger partial charge in [-0.3, -0.25) is 0 Å². The number of hydrogen-bond donors (Lipinski definition) is 2. The minimum Gasteiger partial charge on any atom is -0.377 e. The number of nitrogens with one attached hydrogen (secondary N) is 1. The van der Waals surface area contributed by atoms with Crippen LogP contribution >= 0.6 is 0 Å². The van der Waals surface area contributed by atoms with E-state index in [0.717, 1.165) is 13.2 Å². The van der Waals surface area contributed by atoms with Gasteiger partial charge in [0, 0.05) is 12.1 Å². The van der Waals surface area contributed by atoms with Crippen LogP contribution in [0.15, 0.2) is 0 Å². The first-order valence-corrected chi connectivity index (χ1v) is 4.87. The Balaban J connectivity index is 2.25. The first-order chi connectivity index (χ1) is 6.20. The van der Waals surface area contributed by atoms with Crippen molar-refractivity contribution in [2.24, 2.45) is 5.73 Å². The van der Waals surface area contributed by atoms with Gasteiger partial charge in [-0.25, -0.2) is 0 Å². The molecule has 1 aliphatic rings. The molecule has 0 aromatic rings. The molecule has 4 heteroatoms. The Bertz CT molecular complexity index is 134. The van der Waals surface area contributed by atoms with E-state index in [2.05, 4.69) is 12.2 Å². The molecule has 0 saturated carbocycles. The summed E-state index contributed by atoms with van der Waals surface area (Å²) in [6.45, 7) is 6.91. The average molecular weight is 188 g/mol. The van der Waals surface area contributed by atoms with E-state index >= 15 is 0 Å². The zero-order valence-electron chi connectivity index (χ0n) is 8.45. The lowest BCUT2D eigenvalue weighted by Crippen LogP contribution is -2.48. The van der Waals surface area contributed by atoms with Gasteiger partial charge in [0.05, 0.1) is 32.5 Å². The largest absolute Gasteiger partial charge is 0.377 e. The third-order valence-electron chi connectivity index (χ3n) is 2.30. The van der Waals surface area contributed by atoms with Crippen molar-refractivity contribution in [3.63, 3.8) is 0 Å². The second kappa shape index (κ2) is 5.54. The van der Waals surface area contributed by atoms with E-state index in [0.29, 0.717) is 19.3 Å².